The normalized spacial score (nSPS) is 16.6. The van der Waals surface area contributed by atoms with Gasteiger partial charge in [-0.15, -0.1) is 10.2 Å². The molecule has 0 atom stereocenters. The standard InChI is InChI=1S/C9H14N4OS/c1-6(2)8(14)11-7-3-13(4-7)9-12-10-5-15-9/h5-7H,3-4H2,1-2H3,(H,11,14). The molecule has 1 N–H and O–H groups in total. The predicted molar refractivity (Wildman–Crippen MR) is 58.9 cm³/mol. The molecular formula is C9H14N4OS. The molecule has 5 nitrogen and oxygen atoms in total. The molecule has 1 saturated heterocycles. The van der Waals surface area contributed by atoms with E-state index in [2.05, 4.69) is 20.4 Å². The number of nitrogens with zero attached hydrogens (tertiary/aromatic N) is 3. The Balaban J connectivity index is 1.77. The molecule has 82 valence electrons. The molecule has 0 radical (unpaired) electrons. The maximum atomic E-state index is 11.4. The van der Waals surface area contributed by atoms with Gasteiger partial charge in [0.1, 0.15) is 5.51 Å². The molecule has 0 aromatic carbocycles. The van der Waals surface area contributed by atoms with Crippen LogP contribution in [0.3, 0.4) is 0 Å². The number of carbonyl (C=O) groups excluding carboxylic acids is 1. The summed E-state index contributed by atoms with van der Waals surface area (Å²) in [7, 11) is 0. The third-order valence-corrected chi connectivity index (χ3v) is 3.12. The molecule has 0 unspecified atom stereocenters. The number of anilines is 1. The summed E-state index contributed by atoms with van der Waals surface area (Å²) in [4.78, 5) is 13.5. The van der Waals surface area contributed by atoms with Crippen molar-refractivity contribution in [1.82, 2.24) is 15.5 Å². The van der Waals surface area contributed by atoms with Crippen molar-refractivity contribution in [1.29, 1.82) is 0 Å². The van der Waals surface area contributed by atoms with Crippen LogP contribution in [-0.4, -0.2) is 35.2 Å². The van der Waals surface area contributed by atoms with Gasteiger partial charge in [-0.1, -0.05) is 25.2 Å². The molecule has 1 aromatic heterocycles. The number of rotatable bonds is 3. The van der Waals surface area contributed by atoms with Crippen molar-refractivity contribution in [3.05, 3.63) is 5.51 Å². The van der Waals surface area contributed by atoms with Gasteiger partial charge in [-0.25, -0.2) is 0 Å². The van der Waals surface area contributed by atoms with Crippen LogP contribution in [0.2, 0.25) is 0 Å². The van der Waals surface area contributed by atoms with Crippen molar-refractivity contribution in [2.24, 2.45) is 5.92 Å². The number of carbonyl (C=O) groups is 1. The fraction of sp³-hybridized carbons (Fsp3) is 0.667. The fourth-order valence-electron chi connectivity index (χ4n) is 1.40. The second-order valence-corrected chi connectivity index (χ2v) is 4.80. The first-order chi connectivity index (χ1) is 7.16. The highest BCUT2D eigenvalue weighted by Gasteiger charge is 2.30. The van der Waals surface area contributed by atoms with E-state index >= 15 is 0 Å². The fourth-order valence-corrected chi connectivity index (χ4v) is 1.98. The van der Waals surface area contributed by atoms with Crippen LogP contribution in [0.4, 0.5) is 5.13 Å². The lowest BCUT2D eigenvalue weighted by Crippen LogP contribution is -2.60. The third-order valence-electron chi connectivity index (χ3n) is 2.37. The number of aromatic nitrogens is 2. The molecule has 1 aromatic rings. The lowest BCUT2D eigenvalue weighted by molar-refractivity contribution is -0.124. The second-order valence-electron chi connectivity index (χ2n) is 3.99. The monoisotopic (exact) mass is 226 g/mol. The quantitative estimate of drug-likeness (QED) is 0.815. The van der Waals surface area contributed by atoms with Crippen molar-refractivity contribution in [3.8, 4) is 0 Å². The summed E-state index contributed by atoms with van der Waals surface area (Å²) in [6.45, 7) is 5.48. The maximum Gasteiger partial charge on any atom is 0.222 e. The Kier molecular flexibility index (Phi) is 2.86. The molecule has 1 aliphatic heterocycles. The number of amides is 1. The molecule has 0 aliphatic carbocycles. The summed E-state index contributed by atoms with van der Waals surface area (Å²) in [6, 6.07) is 0.267. The van der Waals surface area contributed by atoms with E-state index in [1.165, 1.54) is 11.3 Å². The van der Waals surface area contributed by atoms with Crippen molar-refractivity contribution < 1.29 is 4.79 Å². The Morgan fingerprint density at radius 1 is 1.67 bits per heavy atom. The largest absolute Gasteiger partial charge is 0.350 e. The van der Waals surface area contributed by atoms with Gasteiger partial charge in [-0.05, 0) is 0 Å². The Bertz CT molecular complexity index is 332. The number of hydrogen-bond donors (Lipinski definition) is 1. The summed E-state index contributed by atoms with van der Waals surface area (Å²) in [5.74, 6) is 0.178. The molecule has 2 heterocycles. The summed E-state index contributed by atoms with van der Waals surface area (Å²) in [5.41, 5.74) is 1.72. The predicted octanol–water partition coefficient (Wildman–Crippen LogP) is 0.499. The average Bonchev–Trinajstić information content (AvgIpc) is 2.62. The Morgan fingerprint density at radius 3 is 2.93 bits per heavy atom. The van der Waals surface area contributed by atoms with Crippen LogP contribution >= 0.6 is 11.3 Å². The summed E-state index contributed by atoms with van der Waals surface area (Å²) >= 11 is 1.53. The highest BCUT2D eigenvalue weighted by atomic mass is 32.1. The van der Waals surface area contributed by atoms with Crippen molar-refractivity contribution in [2.45, 2.75) is 19.9 Å². The van der Waals surface area contributed by atoms with Crippen LogP contribution in [0.1, 0.15) is 13.8 Å². The highest BCUT2D eigenvalue weighted by Crippen LogP contribution is 2.21. The van der Waals surface area contributed by atoms with Gasteiger partial charge in [-0.2, -0.15) is 0 Å². The highest BCUT2D eigenvalue weighted by molar-refractivity contribution is 7.13. The van der Waals surface area contributed by atoms with Gasteiger partial charge in [0, 0.05) is 19.0 Å². The van der Waals surface area contributed by atoms with Gasteiger partial charge < -0.3 is 10.2 Å². The number of hydrogen-bond acceptors (Lipinski definition) is 5. The molecule has 1 amide bonds. The van der Waals surface area contributed by atoms with E-state index in [4.69, 9.17) is 0 Å². The van der Waals surface area contributed by atoms with Gasteiger partial charge >= 0.3 is 0 Å². The van der Waals surface area contributed by atoms with E-state index in [1.54, 1.807) is 5.51 Å². The van der Waals surface area contributed by atoms with Crippen LogP contribution in [-0.2, 0) is 4.79 Å². The van der Waals surface area contributed by atoms with Gasteiger partial charge in [0.2, 0.25) is 11.0 Å². The minimum absolute atomic E-state index is 0.0561. The number of nitrogens with one attached hydrogen (secondary N) is 1. The van der Waals surface area contributed by atoms with Crippen LogP contribution in [0, 0.1) is 5.92 Å². The molecule has 1 fully saturated rings. The molecular weight excluding hydrogens is 212 g/mol. The van der Waals surface area contributed by atoms with Gasteiger partial charge in [0.05, 0.1) is 6.04 Å². The van der Waals surface area contributed by atoms with Crippen molar-refractivity contribution in [3.63, 3.8) is 0 Å². The zero-order chi connectivity index (χ0) is 10.8. The molecule has 2 rings (SSSR count). The first-order valence-corrected chi connectivity index (χ1v) is 5.86. The van der Waals surface area contributed by atoms with E-state index < -0.39 is 0 Å². The summed E-state index contributed by atoms with van der Waals surface area (Å²) in [5, 5.41) is 11.7. The van der Waals surface area contributed by atoms with Gasteiger partial charge in [-0.3, -0.25) is 4.79 Å². The molecule has 15 heavy (non-hydrogen) atoms. The SMILES string of the molecule is CC(C)C(=O)NC1CN(c2nncs2)C1. The third kappa shape index (κ3) is 2.26. The van der Waals surface area contributed by atoms with Crippen LogP contribution in [0.5, 0.6) is 0 Å². The lowest BCUT2D eigenvalue weighted by atomic mass is 10.1. The molecule has 1 aliphatic rings. The van der Waals surface area contributed by atoms with Gasteiger partial charge in [0.15, 0.2) is 0 Å². The minimum Gasteiger partial charge on any atom is -0.350 e. The first kappa shape index (κ1) is 10.4. The van der Waals surface area contributed by atoms with Crippen LogP contribution < -0.4 is 10.2 Å². The maximum absolute atomic E-state index is 11.4. The molecule has 6 heteroatoms. The zero-order valence-corrected chi connectivity index (χ0v) is 9.62. The van der Waals surface area contributed by atoms with E-state index in [9.17, 15) is 4.79 Å². The second kappa shape index (κ2) is 4.14. The van der Waals surface area contributed by atoms with Crippen LogP contribution in [0.25, 0.3) is 0 Å². The lowest BCUT2D eigenvalue weighted by Gasteiger charge is -2.39. The zero-order valence-electron chi connectivity index (χ0n) is 8.80. The molecule has 0 bridgehead atoms. The van der Waals surface area contributed by atoms with Crippen molar-refractivity contribution in [2.75, 3.05) is 18.0 Å². The topological polar surface area (TPSA) is 58.1 Å². The van der Waals surface area contributed by atoms with Crippen LogP contribution in [0.15, 0.2) is 5.51 Å². The Morgan fingerprint density at radius 2 is 2.40 bits per heavy atom. The van der Waals surface area contributed by atoms with Gasteiger partial charge in [0.25, 0.3) is 0 Å². The van der Waals surface area contributed by atoms with Crippen molar-refractivity contribution >= 4 is 22.4 Å². The van der Waals surface area contributed by atoms with E-state index in [0.717, 1.165) is 18.2 Å². The minimum atomic E-state index is 0.0561. The summed E-state index contributed by atoms with van der Waals surface area (Å²) < 4.78 is 0. The summed E-state index contributed by atoms with van der Waals surface area (Å²) in [6.07, 6.45) is 0. The van der Waals surface area contributed by atoms with E-state index in [1.807, 2.05) is 13.8 Å². The van der Waals surface area contributed by atoms with E-state index in [-0.39, 0.29) is 17.9 Å². The Hall–Kier alpha value is -1.17. The molecule has 0 spiro atoms. The van der Waals surface area contributed by atoms with E-state index in [0.29, 0.717) is 0 Å². The first-order valence-electron chi connectivity index (χ1n) is 4.98. The Labute approximate surface area is 92.5 Å². The average molecular weight is 226 g/mol. The smallest absolute Gasteiger partial charge is 0.222 e. The molecule has 0 saturated carbocycles.